The van der Waals surface area contributed by atoms with Gasteiger partial charge in [0.15, 0.2) is 0 Å². The van der Waals surface area contributed by atoms with Crippen molar-refractivity contribution in [3.63, 3.8) is 0 Å². The van der Waals surface area contributed by atoms with Crippen LogP contribution in [-0.4, -0.2) is 49.0 Å². The molecular formula is C16H21N3O4S. The van der Waals surface area contributed by atoms with E-state index in [1.54, 1.807) is 16.3 Å². The van der Waals surface area contributed by atoms with E-state index in [2.05, 4.69) is 10.6 Å². The number of hydrogen-bond acceptors (Lipinski definition) is 5. The van der Waals surface area contributed by atoms with Crippen molar-refractivity contribution < 1.29 is 19.1 Å². The summed E-state index contributed by atoms with van der Waals surface area (Å²) in [6, 6.07) is 1.85. The monoisotopic (exact) mass is 351 g/mol. The number of hydrogen-bond donors (Lipinski definition) is 2. The molecule has 1 atom stereocenters. The maximum atomic E-state index is 12.5. The number of amides is 3. The highest BCUT2D eigenvalue weighted by Crippen LogP contribution is 2.26. The van der Waals surface area contributed by atoms with Gasteiger partial charge < -0.3 is 20.3 Å². The molecule has 0 radical (unpaired) electrons. The lowest BCUT2D eigenvalue weighted by Gasteiger charge is -2.32. The Kier molecular flexibility index (Phi) is 5.03. The van der Waals surface area contributed by atoms with E-state index in [1.165, 1.54) is 18.4 Å². The molecule has 2 N–H and O–H groups in total. The summed E-state index contributed by atoms with van der Waals surface area (Å²) >= 11 is 1.28. The molecule has 1 aliphatic carbocycles. The lowest BCUT2D eigenvalue weighted by molar-refractivity contribution is -0.121. The minimum atomic E-state index is -0.472. The molecule has 2 fully saturated rings. The molecule has 3 rings (SSSR count). The number of nitrogens with zero attached hydrogens (tertiary/aromatic N) is 1. The molecule has 1 saturated carbocycles. The van der Waals surface area contributed by atoms with Gasteiger partial charge in [-0.2, -0.15) is 0 Å². The van der Waals surface area contributed by atoms with Crippen LogP contribution < -0.4 is 10.6 Å². The molecule has 3 amide bonds. The molecule has 1 aromatic heterocycles. The maximum absolute atomic E-state index is 12.5. The SMILES string of the molecule is COC(=O)c1ccsc1NC(=O)C1CCCN(C(=O)NC2CC2)C1. The van der Waals surface area contributed by atoms with E-state index in [0.29, 0.717) is 29.7 Å². The highest BCUT2D eigenvalue weighted by molar-refractivity contribution is 7.14. The second-order valence-corrected chi connectivity index (χ2v) is 7.07. The summed E-state index contributed by atoms with van der Waals surface area (Å²) in [6.45, 7) is 1.08. The fourth-order valence-electron chi connectivity index (χ4n) is 2.76. The minimum Gasteiger partial charge on any atom is -0.465 e. The fraction of sp³-hybridized carbons (Fsp3) is 0.562. The first-order valence-electron chi connectivity index (χ1n) is 8.10. The van der Waals surface area contributed by atoms with Crippen LogP contribution in [0.3, 0.4) is 0 Å². The number of methoxy groups -OCH3 is 1. The Hall–Kier alpha value is -2.09. The quantitative estimate of drug-likeness (QED) is 0.813. The lowest BCUT2D eigenvalue weighted by Crippen LogP contribution is -2.48. The van der Waals surface area contributed by atoms with Gasteiger partial charge in [0.1, 0.15) is 5.00 Å². The van der Waals surface area contributed by atoms with Crippen LogP contribution in [0.15, 0.2) is 11.4 Å². The van der Waals surface area contributed by atoms with Crippen LogP contribution in [-0.2, 0) is 9.53 Å². The lowest BCUT2D eigenvalue weighted by atomic mass is 9.97. The third-order valence-corrected chi connectivity index (χ3v) is 5.12. The van der Waals surface area contributed by atoms with E-state index >= 15 is 0 Å². The van der Waals surface area contributed by atoms with Crippen molar-refractivity contribution in [1.29, 1.82) is 0 Å². The summed E-state index contributed by atoms with van der Waals surface area (Å²) in [6.07, 6.45) is 3.61. The number of piperidine rings is 1. The van der Waals surface area contributed by atoms with Crippen LogP contribution in [0.25, 0.3) is 0 Å². The Morgan fingerprint density at radius 3 is 2.79 bits per heavy atom. The van der Waals surface area contributed by atoms with Gasteiger partial charge in [0.05, 0.1) is 18.6 Å². The van der Waals surface area contributed by atoms with Crippen molar-refractivity contribution in [3.8, 4) is 0 Å². The first kappa shape index (κ1) is 16.8. The largest absolute Gasteiger partial charge is 0.465 e. The zero-order chi connectivity index (χ0) is 17.1. The molecule has 2 aliphatic rings. The molecule has 1 aromatic rings. The summed E-state index contributed by atoms with van der Waals surface area (Å²) in [5, 5.41) is 7.99. The summed E-state index contributed by atoms with van der Waals surface area (Å²) in [5.41, 5.74) is 0.356. The molecule has 8 heteroatoms. The van der Waals surface area contributed by atoms with Gasteiger partial charge in [-0.05, 0) is 37.1 Å². The average Bonchev–Trinajstić information content (AvgIpc) is 3.29. The summed E-state index contributed by atoms with van der Waals surface area (Å²) in [5.74, 6) is -0.900. The average molecular weight is 351 g/mol. The molecule has 1 unspecified atom stereocenters. The predicted molar refractivity (Wildman–Crippen MR) is 90.1 cm³/mol. The molecule has 130 valence electrons. The van der Waals surface area contributed by atoms with Gasteiger partial charge >= 0.3 is 12.0 Å². The summed E-state index contributed by atoms with van der Waals surface area (Å²) in [4.78, 5) is 38.0. The number of ether oxygens (including phenoxy) is 1. The summed E-state index contributed by atoms with van der Waals surface area (Å²) < 4.78 is 4.71. The molecule has 1 saturated heterocycles. The number of urea groups is 1. The topological polar surface area (TPSA) is 87.7 Å². The first-order valence-corrected chi connectivity index (χ1v) is 8.98. The van der Waals surface area contributed by atoms with E-state index in [9.17, 15) is 14.4 Å². The third-order valence-electron chi connectivity index (χ3n) is 4.29. The van der Waals surface area contributed by atoms with Gasteiger partial charge in [0.2, 0.25) is 5.91 Å². The zero-order valence-corrected chi connectivity index (χ0v) is 14.4. The Labute approximate surface area is 144 Å². The van der Waals surface area contributed by atoms with Gasteiger partial charge in [0, 0.05) is 19.1 Å². The van der Waals surface area contributed by atoms with Crippen molar-refractivity contribution in [1.82, 2.24) is 10.2 Å². The molecule has 7 nitrogen and oxygen atoms in total. The number of thiophene rings is 1. The number of carbonyl (C=O) groups is 3. The standard InChI is InChI=1S/C16H21N3O4S/c1-23-15(21)12-6-8-24-14(12)18-13(20)10-3-2-7-19(9-10)16(22)17-11-4-5-11/h6,8,10-11H,2-5,7,9H2,1H3,(H,17,22)(H,18,20). The summed E-state index contributed by atoms with van der Waals surface area (Å²) in [7, 11) is 1.31. The third kappa shape index (κ3) is 3.87. The number of nitrogens with one attached hydrogen (secondary N) is 2. The Morgan fingerprint density at radius 1 is 1.29 bits per heavy atom. The van der Waals surface area contributed by atoms with Gasteiger partial charge in [-0.1, -0.05) is 0 Å². The maximum Gasteiger partial charge on any atom is 0.340 e. The number of likely N-dealkylation sites (tertiary alicyclic amines) is 1. The second kappa shape index (κ2) is 7.21. The van der Waals surface area contributed by atoms with E-state index in [-0.39, 0.29) is 17.9 Å². The van der Waals surface area contributed by atoms with Crippen LogP contribution in [0.1, 0.15) is 36.0 Å². The van der Waals surface area contributed by atoms with E-state index in [0.717, 1.165) is 25.7 Å². The number of carbonyl (C=O) groups excluding carboxylic acids is 3. The number of anilines is 1. The number of esters is 1. The predicted octanol–water partition coefficient (Wildman–Crippen LogP) is 2.06. The van der Waals surface area contributed by atoms with Gasteiger partial charge in [-0.3, -0.25) is 4.79 Å². The van der Waals surface area contributed by atoms with Gasteiger partial charge in [0.25, 0.3) is 0 Å². The van der Waals surface area contributed by atoms with Crippen LogP contribution in [0.4, 0.5) is 9.80 Å². The molecule has 2 heterocycles. The van der Waals surface area contributed by atoms with Crippen LogP contribution in [0.2, 0.25) is 0 Å². The van der Waals surface area contributed by atoms with Crippen LogP contribution in [0.5, 0.6) is 0 Å². The smallest absolute Gasteiger partial charge is 0.340 e. The van der Waals surface area contributed by atoms with Crippen molar-refractivity contribution >= 4 is 34.2 Å². The van der Waals surface area contributed by atoms with Gasteiger partial charge in [-0.25, -0.2) is 9.59 Å². The van der Waals surface area contributed by atoms with Crippen molar-refractivity contribution in [2.24, 2.45) is 5.92 Å². The molecule has 0 spiro atoms. The first-order chi connectivity index (χ1) is 11.6. The normalized spacial score (nSPS) is 20.4. The molecule has 0 aromatic carbocycles. The van der Waals surface area contributed by atoms with Crippen molar-refractivity contribution in [2.45, 2.75) is 31.7 Å². The number of rotatable bonds is 4. The highest BCUT2D eigenvalue weighted by Gasteiger charge is 2.32. The van der Waals surface area contributed by atoms with E-state index in [4.69, 9.17) is 4.74 Å². The molecular weight excluding hydrogens is 330 g/mol. The van der Waals surface area contributed by atoms with Crippen molar-refractivity contribution in [3.05, 3.63) is 17.0 Å². The molecule has 24 heavy (non-hydrogen) atoms. The Bertz CT molecular complexity index is 641. The second-order valence-electron chi connectivity index (χ2n) is 6.15. The fourth-order valence-corrected chi connectivity index (χ4v) is 3.54. The minimum absolute atomic E-state index is 0.0821. The zero-order valence-electron chi connectivity index (χ0n) is 13.5. The Balaban J connectivity index is 1.59. The van der Waals surface area contributed by atoms with Crippen LogP contribution in [0, 0.1) is 5.92 Å². The molecule has 1 aliphatic heterocycles. The highest BCUT2D eigenvalue weighted by atomic mass is 32.1. The Morgan fingerprint density at radius 2 is 2.08 bits per heavy atom. The van der Waals surface area contributed by atoms with E-state index < -0.39 is 5.97 Å². The van der Waals surface area contributed by atoms with Gasteiger partial charge in [-0.15, -0.1) is 11.3 Å². The van der Waals surface area contributed by atoms with E-state index in [1.807, 2.05) is 0 Å². The molecule has 0 bridgehead atoms. The van der Waals surface area contributed by atoms with Crippen LogP contribution >= 0.6 is 11.3 Å². The van der Waals surface area contributed by atoms with Crippen molar-refractivity contribution in [2.75, 3.05) is 25.5 Å².